The van der Waals surface area contributed by atoms with Crippen LogP contribution in [0.1, 0.15) is 46.6 Å². The second kappa shape index (κ2) is 11.8. The van der Waals surface area contributed by atoms with E-state index in [0.717, 1.165) is 20.3 Å². The Bertz CT molecular complexity index is 2100. The summed E-state index contributed by atoms with van der Waals surface area (Å²) in [5, 5.41) is 10.8. The van der Waals surface area contributed by atoms with Gasteiger partial charge in [-0.1, -0.05) is 84.4 Å². The Balaban J connectivity index is 1.37. The van der Waals surface area contributed by atoms with Crippen LogP contribution in [0.5, 0.6) is 5.75 Å². The molecule has 1 heterocycles. The molecule has 1 N–H and O–H groups in total. The molecule has 2 fully saturated rings. The minimum Gasteiger partial charge on any atom is -0.507 e. The highest BCUT2D eigenvalue weighted by atomic mass is 127. The molecule has 7 heteroatoms. The predicted octanol–water partition coefficient (Wildman–Crippen LogP) is 7.64. The number of amides is 2. The lowest BCUT2D eigenvalue weighted by molar-refractivity contribution is -0.135. The van der Waals surface area contributed by atoms with Crippen molar-refractivity contribution in [3.8, 4) is 5.75 Å². The number of carbonyl (C=O) groups is 4. The third kappa shape index (κ3) is 4.65. The molecule has 0 bridgehead atoms. The molecule has 4 aromatic rings. The molecule has 6 atom stereocenters. The van der Waals surface area contributed by atoms with E-state index in [4.69, 9.17) is 0 Å². The maximum absolute atomic E-state index is 15.1. The summed E-state index contributed by atoms with van der Waals surface area (Å²) >= 11 is 2.20. The number of rotatable bonds is 4. The highest BCUT2D eigenvalue weighted by Crippen LogP contribution is 2.64. The average Bonchev–Trinajstić information content (AvgIpc) is 3.37. The van der Waals surface area contributed by atoms with Gasteiger partial charge in [-0.05, 0) is 113 Å². The number of imide groups is 1. The highest BCUT2D eigenvalue weighted by Gasteiger charge is 2.66. The largest absolute Gasteiger partial charge is 0.507 e. The number of fused-ring (bicyclic) bond motifs is 4. The first-order valence-electron chi connectivity index (χ1n) is 16.7. The molecule has 4 aromatic carbocycles. The van der Waals surface area contributed by atoms with Crippen LogP contribution in [-0.4, -0.2) is 28.5 Å². The van der Waals surface area contributed by atoms with Crippen LogP contribution in [-0.2, 0) is 24.6 Å². The van der Waals surface area contributed by atoms with Crippen molar-refractivity contribution in [3.05, 3.63) is 146 Å². The summed E-state index contributed by atoms with van der Waals surface area (Å²) in [5.41, 5.74) is 4.07. The van der Waals surface area contributed by atoms with Crippen LogP contribution in [0.25, 0.3) is 5.57 Å². The van der Waals surface area contributed by atoms with Crippen molar-refractivity contribution in [2.75, 3.05) is 4.90 Å². The summed E-state index contributed by atoms with van der Waals surface area (Å²) in [7, 11) is 0. The van der Waals surface area contributed by atoms with Gasteiger partial charge in [0, 0.05) is 21.0 Å². The lowest BCUT2D eigenvalue weighted by Gasteiger charge is -2.55. The second-order valence-electron chi connectivity index (χ2n) is 13.8. The molecule has 1 saturated carbocycles. The summed E-state index contributed by atoms with van der Waals surface area (Å²) in [6.45, 7) is 3.67. The number of phenolic OH excluding ortho intramolecular Hbond substituents is 1. The monoisotopic (exact) mass is 759 g/mol. The predicted molar refractivity (Wildman–Crippen MR) is 196 cm³/mol. The fourth-order valence-corrected chi connectivity index (χ4v) is 9.61. The molecule has 6 nitrogen and oxygen atoms in total. The van der Waals surface area contributed by atoms with E-state index in [2.05, 4.69) is 28.7 Å². The Hall–Kier alpha value is -4.63. The molecule has 2 amide bonds. The molecular weight excluding hydrogens is 725 g/mol. The highest BCUT2D eigenvalue weighted by molar-refractivity contribution is 14.1. The van der Waals surface area contributed by atoms with Gasteiger partial charge in [0.15, 0.2) is 11.6 Å². The number of nitrogens with zero attached hydrogens (tertiary/aromatic N) is 1. The van der Waals surface area contributed by atoms with E-state index < -0.39 is 35.0 Å². The Morgan fingerprint density at radius 2 is 1.43 bits per heavy atom. The van der Waals surface area contributed by atoms with E-state index >= 15 is 9.59 Å². The van der Waals surface area contributed by atoms with Crippen molar-refractivity contribution < 1.29 is 24.3 Å². The van der Waals surface area contributed by atoms with Crippen LogP contribution in [0.4, 0.5) is 5.69 Å². The van der Waals surface area contributed by atoms with E-state index in [9.17, 15) is 14.7 Å². The van der Waals surface area contributed by atoms with Crippen molar-refractivity contribution in [1.29, 1.82) is 0 Å². The van der Waals surface area contributed by atoms with E-state index in [1.807, 2.05) is 98.8 Å². The summed E-state index contributed by atoms with van der Waals surface area (Å²) in [6, 6.07) is 30.0. The summed E-state index contributed by atoms with van der Waals surface area (Å²) < 4.78 is 0.997. The van der Waals surface area contributed by atoms with Crippen molar-refractivity contribution >= 4 is 57.2 Å². The first kappa shape index (κ1) is 31.6. The van der Waals surface area contributed by atoms with Crippen LogP contribution in [0.2, 0.25) is 0 Å². The Kier molecular flexibility index (Phi) is 7.59. The minimum absolute atomic E-state index is 0.140. The van der Waals surface area contributed by atoms with Gasteiger partial charge in [-0.2, -0.15) is 0 Å². The Labute approximate surface area is 298 Å². The Morgan fingerprint density at radius 3 is 2.08 bits per heavy atom. The standard InChI is InChI=1S/C42H34INO5/c1-23-19-26(20-24(2)38(23)46)37-30-17-18-31-36(41(49)44(40(31)48)29-15-13-28(43)14-16-29)33(30)21-34-39(47)32(25-9-5-3-6-10-25)22-35(45)42(34,37)27-11-7-4-8-12-27/h3-17,19-20,22,31,33-34,36-37,46H,18,21H2,1-2H3. The lowest BCUT2D eigenvalue weighted by atomic mass is 9.44. The topological polar surface area (TPSA) is 91.8 Å². The van der Waals surface area contributed by atoms with Gasteiger partial charge >= 0.3 is 0 Å². The molecule has 3 aliphatic carbocycles. The number of aryl methyl sites for hydroxylation is 2. The minimum atomic E-state index is -1.30. The van der Waals surface area contributed by atoms with Gasteiger partial charge in [0.05, 0.1) is 22.9 Å². The van der Waals surface area contributed by atoms with Crippen LogP contribution < -0.4 is 4.90 Å². The third-order valence-corrected chi connectivity index (χ3v) is 12.0. The van der Waals surface area contributed by atoms with Crippen LogP contribution in [0, 0.1) is 41.1 Å². The zero-order valence-corrected chi connectivity index (χ0v) is 29.3. The number of allylic oxidation sites excluding steroid dienone is 4. The third-order valence-electron chi connectivity index (χ3n) is 11.3. The van der Waals surface area contributed by atoms with Crippen molar-refractivity contribution in [2.24, 2.45) is 23.7 Å². The summed E-state index contributed by atoms with van der Waals surface area (Å²) in [5.74, 6) is -3.71. The number of phenols is 1. The number of halogens is 1. The Morgan fingerprint density at radius 1 is 0.796 bits per heavy atom. The number of carbonyl (C=O) groups excluding carboxylic acids is 4. The molecule has 0 spiro atoms. The van der Waals surface area contributed by atoms with Crippen LogP contribution in [0.15, 0.2) is 115 Å². The van der Waals surface area contributed by atoms with Gasteiger partial charge in [-0.15, -0.1) is 0 Å². The lowest BCUT2D eigenvalue weighted by Crippen LogP contribution is -2.58. The smallest absolute Gasteiger partial charge is 0.238 e. The van der Waals surface area contributed by atoms with E-state index in [0.29, 0.717) is 34.4 Å². The zero-order chi connectivity index (χ0) is 34.2. The van der Waals surface area contributed by atoms with Crippen molar-refractivity contribution in [1.82, 2.24) is 0 Å². The number of hydrogen-bond acceptors (Lipinski definition) is 5. The van der Waals surface area contributed by atoms with Crippen LogP contribution in [0.3, 0.4) is 0 Å². The number of Topliss-reactive ketones (excluding diaryl/α,β-unsaturated/α-hetero) is 1. The molecule has 1 aliphatic heterocycles. The zero-order valence-electron chi connectivity index (χ0n) is 27.1. The molecule has 0 aromatic heterocycles. The molecule has 244 valence electrons. The molecule has 1 saturated heterocycles. The second-order valence-corrected chi connectivity index (χ2v) is 15.0. The normalized spacial score (nSPS) is 27.7. The van der Waals surface area contributed by atoms with E-state index in [1.165, 1.54) is 11.0 Å². The summed E-state index contributed by atoms with van der Waals surface area (Å²) in [4.78, 5) is 60.0. The van der Waals surface area contributed by atoms with Gasteiger partial charge < -0.3 is 5.11 Å². The number of benzene rings is 4. The van der Waals surface area contributed by atoms with Gasteiger partial charge in [0.1, 0.15) is 5.75 Å². The number of aromatic hydroxyl groups is 1. The van der Waals surface area contributed by atoms with Gasteiger partial charge in [-0.25, -0.2) is 0 Å². The maximum Gasteiger partial charge on any atom is 0.238 e. The first-order valence-corrected chi connectivity index (χ1v) is 17.8. The quantitative estimate of drug-likeness (QED) is 0.131. The average molecular weight is 760 g/mol. The molecule has 8 rings (SSSR count). The van der Waals surface area contributed by atoms with Crippen LogP contribution >= 0.6 is 22.6 Å². The SMILES string of the molecule is Cc1cc(C2C3=CCC4C(=O)N(c5ccc(I)cc5)C(=O)C4C3CC3C(=O)C(c4ccccc4)=CC(=O)C32c2ccccc2)cc(C)c1O. The van der Waals surface area contributed by atoms with Gasteiger partial charge in [0.25, 0.3) is 0 Å². The number of ketones is 2. The van der Waals surface area contributed by atoms with Crippen molar-refractivity contribution in [2.45, 2.75) is 38.0 Å². The fourth-order valence-electron chi connectivity index (χ4n) is 9.25. The molecule has 49 heavy (non-hydrogen) atoms. The molecular formula is C42H34INO5. The first-order chi connectivity index (χ1) is 23.6. The number of hydrogen-bond donors (Lipinski definition) is 1. The molecule has 6 unspecified atom stereocenters. The molecule has 0 radical (unpaired) electrons. The van der Waals surface area contributed by atoms with Gasteiger partial charge in [0.2, 0.25) is 11.8 Å². The van der Waals surface area contributed by atoms with E-state index in [1.54, 1.807) is 12.1 Å². The van der Waals surface area contributed by atoms with Gasteiger partial charge in [-0.3, -0.25) is 24.1 Å². The molecule has 4 aliphatic rings. The van der Waals surface area contributed by atoms with E-state index in [-0.39, 0.29) is 35.6 Å². The fraction of sp³-hybridized carbons (Fsp3) is 0.238. The maximum atomic E-state index is 15.1. The van der Waals surface area contributed by atoms with Crippen molar-refractivity contribution in [3.63, 3.8) is 0 Å². The number of anilines is 1. The summed E-state index contributed by atoms with van der Waals surface area (Å²) in [6.07, 6.45) is 4.22.